The molecule has 0 aliphatic carbocycles. The topological polar surface area (TPSA) is 136 Å². The molecule has 0 saturated carbocycles. The number of anilines is 1. The summed E-state index contributed by atoms with van der Waals surface area (Å²) >= 11 is 0. The lowest BCUT2D eigenvalue weighted by Crippen LogP contribution is -2.28. The lowest BCUT2D eigenvalue weighted by atomic mass is 10.0. The van der Waals surface area contributed by atoms with E-state index in [9.17, 15) is 19.2 Å². The fraction of sp³-hybridized carbons (Fsp3) is 0.143. The van der Waals surface area contributed by atoms with Crippen LogP contribution in [0.4, 0.5) is 6.01 Å². The summed E-state index contributed by atoms with van der Waals surface area (Å²) in [5.74, 6) is -1.45. The molecule has 1 aliphatic heterocycles. The van der Waals surface area contributed by atoms with E-state index in [4.69, 9.17) is 8.83 Å². The molecule has 1 saturated heterocycles. The van der Waals surface area contributed by atoms with Crippen LogP contribution in [-0.4, -0.2) is 32.8 Å². The molecule has 154 valence electrons. The van der Waals surface area contributed by atoms with E-state index in [2.05, 4.69) is 15.5 Å². The molecule has 0 bridgehead atoms. The first kappa shape index (κ1) is 18.7. The number of benzene rings is 2. The van der Waals surface area contributed by atoms with E-state index in [1.54, 1.807) is 6.07 Å². The van der Waals surface area contributed by atoms with Gasteiger partial charge in [0.15, 0.2) is 0 Å². The van der Waals surface area contributed by atoms with Crippen LogP contribution < -0.4 is 10.9 Å². The van der Waals surface area contributed by atoms with Crippen molar-refractivity contribution < 1.29 is 23.2 Å². The molecule has 2 aromatic carbocycles. The van der Waals surface area contributed by atoms with Crippen LogP contribution in [0, 0.1) is 0 Å². The van der Waals surface area contributed by atoms with Crippen molar-refractivity contribution in [2.24, 2.45) is 0 Å². The van der Waals surface area contributed by atoms with Crippen molar-refractivity contribution >= 4 is 45.5 Å². The van der Waals surface area contributed by atoms with Crippen molar-refractivity contribution in [3.63, 3.8) is 0 Å². The zero-order valence-electron chi connectivity index (χ0n) is 16.0. The molecular formula is C21H14N4O6. The number of fused-ring (bicyclic) bond motifs is 3. The summed E-state index contributed by atoms with van der Waals surface area (Å²) in [5, 5.41) is 12.1. The maximum atomic E-state index is 12.7. The summed E-state index contributed by atoms with van der Waals surface area (Å²) < 4.78 is 10.6. The number of nitrogens with one attached hydrogen (secondary N) is 1. The summed E-state index contributed by atoms with van der Waals surface area (Å²) in [6.07, 6.45) is 0.284. The first-order chi connectivity index (χ1) is 15.0. The third-order valence-corrected chi connectivity index (χ3v) is 5.02. The molecule has 1 aliphatic rings. The minimum absolute atomic E-state index is 0.0181. The van der Waals surface area contributed by atoms with E-state index in [0.29, 0.717) is 11.0 Å². The molecule has 3 heterocycles. The van der Waals surface area contributed by atoms with Crippen molar-refractivity contribution in [3.05, 3.63) is 64.3 Å². The first-order valence-electron chi connectivity index (χ1n) is 9.42. The van der Waals surface area contributed by atoms with Gasteiger partial charge in [-0.3, -0.25) is 24.6 Å². The number of likely N-dealkylation sites (tertiary alicyclic amines) is 1. The molecule has 31 heavy (non-hydrogen) atoms. The quantitative estimate of drug-likeness (QED) is 0.303. The van der Waals surface area contributed by atoms with Gasteiger partial charge in [0.25, 0.3) is 5.91 Å². The lowest BCUT2D eigenvalue weighted by molar-refractivity contribution is -0.139. The number of nitrogens with zero attached hydrogens (tertiary/aromatic N) is 3. The molecule has 2 aromatic heterocycles. The van der Waals surface area contributed by atoms with Gasteiger partial charge in [-0.15, -0.1) is 5.10 Å². The Morgan fingerprint density at radius 2 is 1.74 bits per heavy atom. The van der Waals surface area contributed by atoms with Crippen LogP contribution in [0.25, 0.3) is 21.7 Å². The van der Waals surface area contributed by atoms with E-state index in [1.165, 1.54) is 6.07 Å². The standard InChI is InChI=1S/C21H14N4O6/c26-17-7-8-18(27)25(17)10-16-23-24-21(31-16)22-19(28)14-9-13-12-4-2-1-3-11(12)5-6-15(13)30-20(14)29/h1-6,9H,7-8,10H2,(H,22,24,28). The first-order valence-corrected chi connectivity index (χ1v) is 9.42. The summed E-state index contributed by atoms with van der Waals surface area (Å²) in [6, 6.07) is 12.2. The monoisotopic (exact) mass is 418 g/mol. The fourth-order valence-corrected chi connectivity index (χ4v) is 3.50. The van der Waals surface area contributed by atoms with Gasteiger partial charge in [0.05, 0.1) is 0 Å². The Labute approximate surface area is 173 Å². The molecule has 10 heteroatoms. The number of hydrogen-bond acceptors (Lipinski definition) is 8. The molecule has 10 nitrogen and oxygen atoms in total. The fourth-order valence-electron chi connectivity index (χ4n) is 3.50. The molecule has 3 amide bonds. The Morgan fingerprint density at radius 3 is 2.55 bits per heavy atom. The molecule has 0 radical (unpaired) electrons. The summed E-state index contributed by atoms with van der Waals surface area (Å²) in [6.45, 7) is -0.176. The van der Waals surface area contributed by atoms with E-state index in [-0.39, 0.29) is 48.7 Å². The zero-order chi connectivity index (χ0) is 21.5. The highest BCUT2D eigenvalue weighted by molar-refractivity contribution is 6.10. The van der Waals surface area contributed by atoms with Gasteiger partial charge < -0.3 is 8.83 Å². The highest BCUT2D eigenvalue weighted by Gasteiger charge is 2.30. The van der Waals surface area contributed by atoms with E-state index in [1.807, 2.05) is 30.3 Å². The average Bonchev–Trinajstić information content (AvgIpc) is 3.34. The summed E-state index contributed by atoms with van der Waals surface area (Å²) in [5.41, 5.74) is -0.679. The van der Waals surface area contributed by atoms with E-state index < -0.39 is 11.5 Å². The van der Waals surface area contributed by atoms with Crippen molar-refractivity contribution in [2.45, 2.75) is 19.4 Å². The van der Waals surface area contributed by atoms with Crippen LogP contribution in [0.2, 0.25) is 0 Å². The van der Waals surface area contributed by atoms with Crippen molar-refractivity contribution in [1.82, 2.24) is 15.1 Å². The highest BCUT2D eigenvalue weighted by atomic mass is 16.4. The number of imide groups is 1. The molecule has 1 N–H and O–H groups in total. The average molecular weight is 418 g/mol. The minimum Gasteiger partial charge on any atom is -0.422 e. The van der Waals surface area contributed by atoms with Gasteiger partial charge in [-0.1, -0.05) is 35.4 Å². The van der Waals surface area contributed by atoms with Gasteiger partial charge in [-0.05, 0) is 22.9 Å². The van der Waals surface area contributed by atoms with Crippen LogP contribution in [0.3, 0.4) is 0 Å². The van der Waals surface area contributed by atoms with Crippen LogP contribution >= 0.6 is 0 Å². The predicted molar refractivity (Wildman–Crippen MR) is 107 cm³/mol. The van der Waals surface area contributed by atoms with Crippen molar-refractivity contribution in [2.75, 3.05) is 5.32 Å². The Hall–Kier alpha value is -4.34. The van der Waals surface area contributed by atoms with Crippen LogP contribution in [0.15, 0.2) is 56.1 Å². The predicted octanol–water partition coefficient (Wildman–Crippen LogP) is 2.23. The zero-order valence-corrected chi connectivity index (χ0v) is 16.0. The Morgan fingerprint density at radius 1 is 0.968 bits per heavy atom. The highest BCUT2D eigenvalue weighted by Crippen LogP contribution is 2.25. The molecular weight excluding hydrogens is 404 g/mol. The Bertz CT molecular complexity index is 1420. The number of aromatic nitrogens is 2. The number of carbonyl (C=O) groups excluding carboxylic acids is 3. The SMILES string of the molecule is O=C(Nc1nnc(CN2C(=O)CCC2=O)o1)c1cc2c(ccc3ccccc32)oc1=O. The summed E-state index contributed by atoms with van der Waals surface area (Å²) in [7, 11) is 0. The molecule has 4 aromatic rings. The van der Waals surface area contributed by atoms with Crippen LogP contribution in [0.1, 0.15) is 29.1 Å². The van der Waals surface area contributed by atoms with Crippen molar-refractivity contribution in [1.29, 1.82) is 0 Å². The molecule has 1 fully saturated rings. The van der Waals surface area contributed by atoms with Gasteiger partial charge in [-0.25, -0.2) is 4.79 Å². The van der Waals surface area contributed by atoms with Crippen LogP contribution in [-0.2, 0) is 16.1 Å². The molecule has 0 spiro atoms. The number of hydrogen-bond donors (Lipinski definition) is 1. The third kappa shape index (κ3) is 3.33. The van der Waals surface area contributed by atoms with Gasteiger partial charge in [0, 0.05) is 18.2 Å². The number of amides is 3. The Kier molecular flexibility index (Phi) is 4.32. The second-order valence-electron chi connectivity index (χ2n) is 6.97. The van der Waals surface area contributed by atoms with Gasteiger partial charge in [0.1, 0.15) is 17.7 Å². The lowest BCUT2D eigenvalue weighted by Gasteiger charge is -2.09. The minimum atomic E-state index is -0.812. The summed E-state index contributed by atoms with van der Waals surface area (Å²) in [4.78, 5) is 49.4. The second kappa shape index (κ2) is 7.17. The second-order valence-corrected chi connectivity index (χ2v) is 6.97. The van der Waals surface area contributed by atoms with Crippen molar-refractivity contribution in [3.8, 4) is 0 Å². The normalized spacial score (nSPS) is 14.0. The molecule has 0 unspecified atom stereocenters. The van der Waals surface area contributed by atoms with Gasteiger partial charge >= 0.3 is 11.6 Å². The van der Waals surface area contributed by atoms with Gasteiger partial charge in [0.2, 0.25) is 17.7 Å². The van der Waals surface area contributed by atoms with Crippen LogP contribution in [0.5, 0.6) is 0 Å². The number of rotatable bonds is 4. The maximum Gasteiger partial charge on any atom is 0.349 e. The molecule has 0 atom stereocenters. The smallest absolute Gasteiger partial charge is 0.349 e. The molecule has 5 rings (SSSR count). The van der Waals surface area contributed by atoms with E-state index in [0.717, 1.165) is 15.7 Å². The Balaban J connectivity index is 1.42. The maximum absolute atomic E-state index is 12.7. The van der Waals surface area contributed by atoms with E-state index >= 15 is 0 Å². The number of carbonyl (C=O) groups is 3. The third-order valence-electron chi connectivity index (χ3n) is 5.02. The largest absolute Gasteiger partial charge is 0.422 e. The van der Waals surface area contributed by atoms with Gasteiger partial charge in [-0.2, -0.15) is 0 Å².